The third-order valence-corrected chi connectivity index (χ3v) is 1.61. The summed E-state index contributed by atoms with van der Waals surface area (Å²) in [4.78, 5) is 3.57. The number of pyridine rings is 1. The Hall–Kier alpha value is -0.890. The van der Waals surface area contributed by atoms with Crippen LogP contribution >= 0.6 is 11.6 Å². The fourth-order valence-corrected chi connectivity index (χ4v) is 0.941. The maximum atomic E-state index is 12.7. The van der Waals surface area contributed by atoms with E-state index in [9.17, 15) is 4.39 Å². The Labute approximate surface area is 75.9 Å². The summed E-state index contributed by atoms with van der Waals surface area (Å²) in [5, 5.41) is 0. The van der Waals surface area contributed by atoms with Gasteiger partial charge in [-0.3, -0.25) is 0 Å². The fraction of sp³-hybridized carbons (Fsp3) is 0.222. The highest BCUT2D eigenvalue weighted by atomic mass is 35.5. The first-order valence-electron chi connectivity index (χ1n) is 3.58. The zero-order chi connectivity index (χ0) is 8.97. The smallest absolute Gasteiger partial charge is 0.215 e. The van der Waals surface area contributed by atoms with E-state index in [1.807, 2.05) is 6.08 Å². The van der Waals surface area contributed by atoms with Gasteiger partial charge in [0.2, 0.25) is 5.95 Å². The van der Waals surface area contributed by atoms with Gasteiger partial charge < -0.3 is 0 Å². The largest absolute Gasteiger partial charge is 0.227 e. The molecule has 0 N–H and O–H groups in total. The Morgan fingerprint density at radius 1 is 1.67 bits per heavy atom. The number of hydrogen-bond donors (Lipinski definition) is 0. The van der Waals surface area contributed by atoms with E-state index in [1.54, 1.807) is 19.1 Å². The number of aryl methyl sites for hydroxylation is 1. The number of hydrogen-bond acceptors (Lipinski definition) is 1. The van der Waals surface area contributed by atoms with Gasteiger partial charge >= 0.3 is 0 Å². The van der Waals surface area contributed by atoms with Crippen molar-refractivity contribution in [1.29, 1.82) is 0 Å². The summed E-state index contributed by atoms with van der Waals surface area (Å²) < 4.78 is 12.7. The van der Waals surface area contributed by atoms with Crippen LogP contribution in [0.5, 0.6) is 0 Å². The highest BCUT2D eigenvalue weighted by Gasteiger charge is 1.96. The van der Waals surface area contributed by atoms with Gasteiger partial charge in [0.15, 0.2) is 0 Å². The van der Waals surface area contributed by atoms with Crippen LogP contribution in [0.3, 0.4) is 0 Å². The van der Waals surface area contributed by atoms with Gasteiger partial charge in [0.25, 0.3) is 0 Å². The molecule has 1 heterocycles. The number of rotatable bonds is 2. The quantitative estimate of drug-likeness (QED) is 0.510. The second-order valence-corrected chi connectivity index (χ2v) is 2.74. The number of allylic oxidation sites excluding steroid dienone is 1. The van der Waals surface area contributed by atoms with Crippen LogP contribution < -0.4 is 0 Å². The summed E-state index contributed by atoms with van der Waals surface area (Å²) in [6, 6.07) is 1.73. The molecule has 0 fully saturated rings. The summed E-state index contributed by atoms with van der Waals surface area (Å²) in [5.74, 6) is 0.0363. The first-order valence-corrected chi connectivity index (χ1v) is 4.12. The molecule has 0 saturated carbocycles. The SMILES string of the molecule is Cc1cc(C=CCCl)cnc1F. The van der Waals surface area contributed by atoms with Crippen LogP contribution in [0.15, 0.2) is 18.3 Å². The van der Waals surface area contributed by atoms with Crippen LogP contribution in [-0.2, 0) is 0 Å². The van der Waals surface area contributed by atoms with E-state index >= 15 is 0 Å². The van der Waals surface area contributed by atoms with Crippen molar-refractivity contribution < 1.29 is 4.39 Å². The predicted molar refractivity (Wildman–Crippen MR) is 48.7 cm³/mol. The number of halogens is 2. The Bertz CT molecular complexity index is 297. The van der Waals surface area contributed by atoms with Crippen LogP contribution in [0.1, 0.15) is 11.1 Å². The third-order valence-electron chi connectivity index (χ3n) is 1.43. The Balaban J connectivity index is 2.89. The highest BCUT2D eigenvalue weighted by molar-refractivity contribution is 6.19. The van der Waals surface area contributed by atoms with Crippen molar-refractivity contribution in [2.75, 3.05) is 5.88 Å². The molecule has 0 saturated heterocycles. The van der Waals surface area contributed by atoms with Gasteiger partial charge in [0, 0.05) is 17.6 Å². The summed E-state index contributed by atoms with van der Waals surface area (Å²) in [6.45, 7) is 1.68. The Kier molecular flexibility index (Phi) is 3.23. The summed E-state index contributed by atoms with van der Waals surface area (Å²) in [6.07, 6.45) is 5.08. The van der Waals surface area contributed by atoms with E-state index in [2.05, 4.69) is 4.98 Å². The maximum absolute atomic E-state index is 12.7. The van der Waals surface area contributed by atoms with Gasteiger partial charge in [-0.05, 0) is 18.6 Å². The van der Waals surface area contributed by atoms with Crippen molar-refractivity contribution in [3.05, 3.63) is 35.4 Å². The lowest BCUT2D eigenvalue weighted by molar-refractivity contribution is 0.574. The molecule has 3 heteroatoms. The zero-order valence-electron chi connectivity index (χ0n) is 6.72. The second kappa shape index (κ2) is 4.21. The van der Waals surface area contributed by atoms with Crippen molar-refractivity contribution in [3.63, 3.8) is 0 Å². The van der Waals surface area contributed by atoms with Gasteiger partial charge in [-0.15, -0.1) is 11.6 Å². The van der Waals surface area contributed by atoms with Crippen LogP contribution in [-0.4, -0.2) is 10.9 Å². The number of alkyl halides is 1. The molecule has 0 aromatic carbocycles. The zero-order valence-corrected chi connectivity index (χ0v) is 7.48. The number of nitrogens with zero attached hydrogens (tertiary/aromatic N) is 1. The van der Waals surface area contributed by atoms with E-state index in [1.165, 1.54) is 6.20 Å². The Morgan fingerprint density at radius 2 is 2.42 bits per heavy atom. The monoisotopic (exact) mass is 185 g/mol. The molecule has 0 bridgehead atoms. The topological polar surface area (TPSA) is 12.9 Å². The van der Waals surface area contributed by atoms with E-state index in [4.69, 9.17) is 11.6 Å². The van der Waals surface area contributed by atoms with E-state index < -0.39 is 5.95 Å². The highest BCUT2D eigenvalue weighted by Crippen LogP contribution is 2.07. The lowest BCUT2D eigenvalue weighted by Gasteiger charge is -1.96. The van der Waals surface area contributed by atoms with E-state index in [-0.39, 0.29) is 0 Å². The molecule has 0 aliphatic rings. The van der Waals surface area contributed by atoms with Crippen molar-refractivity contribution in [3.8, 4) is 0 Å². The van der Waals surface area contributed by atoms with E-state index in [0.29, 0.717) is 11.4 Å². The molecule has 0 amide bonds. The lowest BCUT2D eigenvalue weighted by Crippen LogP contribution is -1.88. The molecule has 1 nitrogen and oxygen atoms in total. The van der Waals surface area contributed by atoms with Crippen molar-refractivity contribution in [1.82, 2.24) is 4.98 Å². The van der Waals surface area contributed by atoms with Gasteiger partial charge in [-0.2, -0.15) is 4.39 Å². The first kappa shape index (κ1) is 9.20. The molecule has 0 aliphatic carbocycles. The average molecular weight is 186 g/mol. The molecular weight excluding hydrogens is 177 g/mol. The van der Waals surface area contributed by atoms with Crippen LogP contribution in [0.2, 0.25) is 0 Å². The summed E-state index contributed by atoms with van der Waals surface area (Å²) in [7, 11) is 0. The summed E-state index contributed by atoms with van der Waals surface area (Å²) in [5.41, 5.74) is 1.42. The molecule has 0 spiro atoms. The van der Waals surface area contributed by atoms with E-state index in [0.717, 1.165) is 5.56 Å². The molecule has 1 aromatic rings. The van der Waals surface area contributed by atoms with Gasteiger partial charge in [-0.1, -0.05) is 12.2 Å². The lowest BCUT2D eigenvalue weighted by atomic mass is 10.2. The van der Waals surface area contributed by atoms with Gasteiger partial charge in [-0.25, -0.2) is 4.98 Å². The number of aromatic nitrogens is 1. The third kappa shape index (κ3) is 2.31. The van der Waals surface area contributed by atoms with Crippen LogP contribution in [0.4, 0.5) is 4.39 Å². The molecule has 1 rings (SSSR count). The molecule has 12 heavy (non-hydrogen) atoms. The molecule has 0 radical (unpaired) electrons. The minimum absolute atomic E-state index is 0.418. The average Bonchev–Trinajstić information content (AvgIpc) is 2.07. The fourth-order valence-electron chi connectivity index (χ4n) is 0.852. The molecule has 64 valence electrons. The molecule has 0 unspecified atom stereocenters. The normalized spacial score (nSPS) is 10.9. The van der Waals surface area contributed by atoms with Gasteiger partial charge in [0.1, 0.15) is 0 Å². The van der Waals surface area contributed by atoms with Crippen molar-refractivity contribution in [2.24, 2.45) is 0 Å². The summed E-state index contributed by atoms with van der Waals surface area (Å²) >= 11 is 5.44. The maximum Gasteiger partial charge on any atom is 0.215 e. The minimum atomic E-state index is -0.418. The standard InChI is InChI=1S/C9H9ClFN/c1-7-5-8(3-2-4-10)6-12-9(7)11/h2-3,5-6H,4H2,1H3. The van der Waals surface area contributed by atoms with Crippen molar-refractivity contribution in [2.45, 2.75) is 6.92 Å². The van der Waals surface area contributed by atoms with Gasteiger partial charge in [0.05, 0.1) is 0 Å². The van der Waals surface area contributed by atoms with Crippen LogP contribution in [0, 0.1) is 12.9 Å². The second-order valence-electron chi connectivity index (χ2n) is 2.43. The molecule has 0 atom stereocenters. The van der Waals surface area contributed by atoms with Crippen LogP contribution in [0.25, 0.3) is 6.08 Å². The predicted octanol–water partition coefficient (Wildman–Crippen LogP) is 2.78. The Morgan fingerprint density at radius 3 is 3.00 bits per heavy atom. The van der Waals surface area contributed by atoms with Crippen molar-refractivity contribution >= 4 is 17.7 Å². The molecule has 1 aromatic heterocycles. The minimum Gasteiger partial charge on any atom is -0.227 e. The first-order chi connectivity index (χ1) is 5.74. The molecule has 0 aliphatic heterocycles. The molecular formula is C9H9ClFN.